The summed E-state index contributed by atoms with van der Waals surface area (Å²) < 4.78 is 2.45. The fourth-order valence-corrected chi connectivity index (χ4v) is 4.07. The topological polar surface area (TPSA) is 36.1 Å². The first-order valence-corrected chi connectivity index (χ1v) is 10.2. The van der Waals surface area contributed by atoms with E-state index >= 15 is 0 Å². The zero-order valence-corrected chi connectivity index (χ0v) is 17.5. The molecule has 0 fully saturated rings. The van der Waals surface area contributed by atoms with Gasteiger partial charge in [0.05, 0.1) is 9.21 Å². The van der Waals surface area contributed by atoms with E-state index in [1.807, 2.05) is 54.2 Å². The Balaban J connectivity index is 2.08. The highest BCUT2D eigenvalue weighted by atomic mass is 35.5. The van der Waals surface area contributed by atoms with Crippen LogP contribution in [0.25, 0.3) is 11.5 Å². The predicted octanol–water partition coefficient (Wildman–Crippen LogP) is 5.88. The van der Waals surface area contributed by atoms with Gasteiger partial charge in [-0.1, -0.05) is 48.9 Å². The monoisotopic (exact) mass is 415 g/mol. The van der Waals surface area contributed by atoms with Crippen LogP contribution in [0, 0.1) is 6.92 Å². The van der Waals surface area contributed by atoms with Gasteiger partial charge in [0, 0.05) is 17.3 Å². The molecule has 27 heavy (non-hydrogen) atoms. The van der Waals surface area contributed by atoms with Gasteiger partial charge in [-0.15, -0.1) is 11.3 Å². The van der Waals surface area contributed by atoms with E-state index in [1.54, 1.807) is 12.1 Å². The Labute approximate surface area is 173 Å². The first kappa shape index (κ1) is 19.5. The number of nitrogens with one attached hydrogen (secondary N) is 1. The molecule has 138 valence electrons. The highest BCUT2D eigenvalue weighted by Gasteiger charge is 2.25. The van der Waals surface area contributed by atoms with Crippen LogP contribution in [0.15, 0.2) is 60.9 Å². The van der Waals surface area contributed by atoms with E-state index in [2.05, 4.69) is 18.3 Å². The van der Waals surface area contributed by atoms with Gasteiger partial charge in [-0.3, -0.25) is 0 Å². The van der Waals surface area contributed by atoms with Gasteiger partial charge in [0.25, 0.3) is 5.70 Å². The summed E-state index contributed by atoms with van der Waals surface area (Å²) in [7, 11) is 0. The maximum atomic E-state index is 11.0. The van der Waals surface area contributed by atoms with E-state index in [-0.39, 0.29) is 5.76 Å². The summed E-state index contributed by atoms with van der Waals surface area (Å²) in [6, 6.07) is 15.5. The van der Waals surface area contributed by atoms with Gasteiger partial charge in [0.2, 0.25) is 5.76 Å². The molecule has 0 spiro atoms. The molecule has 3 aromatic rings. The summed E-state index contributed by atoms with van der Waals surface area (Å²) in [5, 5.41) is 14.3. The molecule has 0 radical (unpaired) electrons. The van der Waals surface area contributed by atoms with Crippen molar-refractivity contribution in [2.75, 3.05) is 5.32 Å². The molecule has 1 aromatic carbocycles. The zero-order chi connectivity index (χ0) is 19.4. The number of thiophene rings is 1. The third kappa shape index (κ3) is 4.56. The smallest absolute Gasteiger partial charge is 0.289 e. The Kier molecular flexibility index (Phi) is 6.26. The average Bonchev–Trinajstić information content (AvgIpc) is 3.09. The molecule has 0 atom stereocenters. The lowest BCUT2D eigenvalue weighted by Crippen LogP contribution is -2.38. The van der Waals surface area contributed by atoms with E-state index in [0.29, 0.717) is 19.9 Å². The molecular formula is C21H20ClN2OS2+. The first-order valence-electron chi connectivity index (χ1n) is 8.56. The molecule has 0 saturated heterocycles. The number of anilines is 1. The third-order valence-electron chi connectivity index (χ3n) is 4.10. The lowest BCUT2D eigenvalue weighted by atomic mass is 10.1. The van der Waals surface area contributed by atoms with E-state index in [0.717, 1.165) is 23.2 Å². The number of pyridine rings is 1. The average molecular weight is 416 g/mol. The summed E-state index contributed by atoms with van der Waals surface area (Å²) >= 11 is 13.1. The van der Waals surface area contributed by atoms with Crippen molar-refractivity contribution in [1.29, 1.82) is 0 Å². The van der Waals surface area contributed by atoms with Crippen molar-refractivity contribution < 1.29 is 9.67 Å². The van der Waals surface area contributed by atoms with Crippen LogP contribution in [0.2, 0.25) is 4.34 Å². The van der Waals surface area contributed by atoms with Crippen LogP contribution in [0.1, 0.15) is 22.9 Å². The SMILES string of the molecule is CCc1ccccc1NC(=S)/C(=C(\O)c1ccc(Cl)s1)[n+]1cccc(C)c1. The van der Waals surface area contributed by atoms with Crippen LogP contribution in [-0.4, -0.2) is 10.1 Å². The number of aliphatic hydroxyl groups is 1. The predicted molar refractivity (Wildman–Crippen MR) is 118 cm³/mol. The van der Waals surface area contributed by atoms with Crippen LogP contribution in [0.3, 0.4) is 0 Å². The Morgan fingerprint density at radius 2 is 1.96 bits per heavy atom. The van der Waals surface area contributed by atoms with Crippen LogP contribution >= 0.6 is 35.2 Å². The third-order valence-corrected chi connectivity index (χ3v) is 5.63. The van der Waals surface area contributed by atoms with Gasteiger partial charge < -0.3 is 10.4 Å². The van der Waals surface area contributed by atoms with Crippen molar-refractivity contribution in [3.05, 3.63) is 81.3 Å². The molecule has 0 aliphatic carbocycles. The fourth-order valence-electron chi connectivity index (χ4n) is 2.77. The lowest BCUT2D eigenvalue weighted by Gasteiger charge is -2.12. The molecule has 0 aliphatic rings. The number of hydrogen-bond donors (Lipinski definition) is 2. The first-order chi connectivity index (χ1) is 13.0. The number of thiocarbonyl (C=S) groups is 1. The summed E-state index contributed by atoms with van der Waals surface area (Å²) in [6.45, 7) is 4.09. The van der Waals surface area contributed by atoms with E-state index < -0.39 is 0 Å². The molecule has 2 heterocycles. The van der Waals surface area contributed by atoms with Gasteiger partial charge in [0.1, 0.15) is 0 Å². The van der Waals surface area contributed by atoms with Crippen molar-refractivity contribution in [3.8, 4) is 0 Å². The van der Waals surface area contributed by atoms with Crippen molar-refractivity contribution in [1.82, 2.24) is 0 Å². The molecule has 0 aliphatic heterocycles. The fraction of sp³-hybridized carbons (Fsp3) is 0.143. The minimum atomic E-state index is 0.0916. The van der Waals surface area contributed by atoms with Crippen molar-refractivity contribution in [2.45, 2.75) is 20.3 Å². The second kappa shape index (κ2) is 8.65. The minimum Gasteiger partial charge on any atom is -0.501 e. The molecule has 2 N–H and O–H groups in total. The molecule has 3 nitrogen and oxygen atoms in total. The molecule has 2 aromatic heterocycles. The minimum absolute atomic E-state index is 0.0916. The Morgan fingerprint density at radius 3 is 2.63 bits per heavy atom. The molecule has 3 rings (SSSR count). The van der Waals surface area contributed by atoms with Gasteiger partial charge in [-0.25, -0.2) is 0 Å². The number of para-hydroxylation sites is 1. The Hall–Kier alpha value is -2.21. The van der Waals surface area contributed by atoms with E-state index in [1.165, 1.54) is 11.3 Å². The summed E-state index contributed by atoms with van der Waals surface area (Å²) in [4.78, 5) is 1.10. The van der Waals surface area contributed by atoms with E-state index in [9.17, 15) is 5.11 Å². The number of aryl methyl sites for hydroxylation is 2. The molecule has 0 unspecified atom stereocenters. The Bertz CT molecular complexity index is 1010. The highest BCUT2D eigenvalue weighted by molar-refractivity contribution is 7.81. The molecule has 6 heteroatoms. The van der Waals surface area contributed by atoms with Gasteiger partial charge >= 0.3 is 0 Å². The molecule has 0 bridgehead atoms. The normalized spacial score (nSPS) is 11.8. The Morgan fingerprint density at radius 1 is 1.19 bits per heavy atom. The molecule has 0 amide bonds. The summed E-state index contributed by atoms with van der Waals surface area (Å²) in [5.74, 6) is 0.0916. The van der Waals surface area contributed by atoms with Crippen LogP contribution in [0.4, 0.5) is 5.69 Å². The highest BCUT2D eigenvalue weighted by Crippen LogP contribution is 2.29. The second-order valence-corrected chi connectivity index (χ2v) is 8.18. The van der Waals surface area contributed by atoms with Crippen LogP contribution in [0.5, 0.6) is 0 Å². The number of aliphatic hydroxyl groups excluding tert-OH is 1. The second-order valence-electron chi connectivity index (χ2n) is 6.05. The van der Waals surface area contributed by atoms with Crippen molar-refractivity contribution >= 4 is 57.3 Å². The van der Waals surface area contributed by atoms with Crippen molar-refractivity contribution in [3.63, 3.8) is 0 Å². The number of benzene rings is 1. The van der Waals surface area contributed by atoms with Crippen LogP contribution < -0.4 is 9.88 Å². The standard InChI is InChI=1S/C21H19ClN2OS2/c1-3-15-8-4-5-9-16(15)23-21(26)19(24-12-6-7-14(2)13-24)20(25)17-10-11-18(22)27-17/h4-13H,3H2,1-2H3,(H-,23,25,26)/p+1. The number of rotatable bonds is 5. The summed E-state index contributed by atoms with van der Waals surface area (Å²) in [5.41, 5.74) is 3.67. The number of hydrogen-bond acceptors (Lipinski definition) is 3. The number of nitrogens with zero attached hydrogens (tertiary/aromatic N) is 1. The van der Waals surface area contributed by atoms with Gasteiger partial charge in [-0.2, -0.15) is 4.57 Å². The summed E-state index contributed by atoms with van der Waals surface area (Å²) in [6.07, 6.45) is 4.68. The van der Waals surface area contributed by atoms with Gasteiger partial charge in [0.15, 0.2) is 17.4 Å². The largest absolute Gasteiger partial charge is 0.501 e. The number of halogens is 1. The quantitative estimate of drug-likeness (QED) is 0.236. The molecular weight excluding hydrogens is 396 g/mol. The number of aromatic nitrogens is 1. The van der Waals surface area contributed by atoms with Crippen LogP contribution in [-0.2, 0) is 6.42 Å². The zero-order valence-electron chi connectivity index (χ0n) is 15.1. The molecule has 0 saturated carbocycles. The maximum Gasteiger partial charge on any atom is 0.289 e. The van der Waals surface area contributed by atoms with E-state index in [4.69, 9.17) is 23.8 Å². The van der Waals surface area contributed by atoms with Crippen molar-refractivity contribution in [2.24, 2.45) is 0 Å². The lowest BCUT2D eigenvalue weighted by molar-refractivity contribution is -0.576. The maximum absolute atomic E-state index is 11.0. The van der Waals surface area contributed by atoms with Gasteiger partial charge in [-0.05, 0) is 43.2 Å².